The van der Waals surface area contributed by atoms with Crippen molar-refractivity contribution in [2.75, 3.05) is 5.32 Å². The number of nitrogens with one attached hydrogen (secondary N) is 1. The lowest BCUT2D eigenvalue weighted by Gasteiger charge is -2.09. The molecule has 1 rings (SSSR count). The van der Waals surface area contributed by atoms with Crippen molar-refractivity contribution in [1.82, 2.24) is 0 Å². The first kappa shape index (κ1) is 12.5. The van der Waals surface area contributed by atoms with Crippen molar-refractivity contribution in [3.8, 4) is 0 Å². The summed E-state index contributed by atoms with van der Waals surface area (Å²) >= 11 is 0. The largest absolute Gasteiger partial charge is 0.326 e. The van der Waals surface area contributed by atoms with Crippen LogP contribution in [0.25, 0.3) is 0 Å². The van der Waals surface area contributed by atoms with Crippen molar-refractivity contribution in [1.29, 1.82) is 0 Å². The van der Waals surface area contributed by atoms with Gasteiger partial charge in [0.25, 0.3) is 5.91 Å². The van der Waals surface area contributed by atoms with Crippen LogP contribution in [0, 0.1) is 0 Å². The van der Waals surface area contributed by atoms with Crippen molar-refractivity contribution < 1.29 is 4.79 Å². The molecule has 0 fully saturated rings. The zero-order chi connectivity index (χ0) is 12.0. The van der Waals surface area contributed by atoms with E-state index in [0.29, 0.717) is 6.54 Å². The van der Waals surface area contributed by atoms with Crippen LogP contribution in [0.3, 0.4) is 0 Å². The number of anilines is 1. The molecule has 1 aromatic carbocycles. The summed E-state index contributed by atoms with van der Waals surface area (Å²) < 4.78 is 0. The number of carbonyl (C=O) groups excluding carboxylic acids is 1. The molecule has 0 spiro atoms. The van der Waals surface area contributed by atoms with E-state index in [1.165, 1.54) is 0 Å². The summed E-state index contributed by atoms with van der Waals surface area (Å²) in [5, 5.41) is 2.86. The van der Waals surface area contributed by atoms with Crippen molar-refractivity contribution in [3.63, 3.8) is 0 Å². The van der Waals surface area contributed by atoms with E-state index < -0.39 is 0 Å². The third-order valence-corrected chi connectivity index (χ3v) is 2.35. The van der Waals surface area contributed by atoms with Gasteiger partial charge in [0.2, 0.25) is 0 Å². The van der Waals surface area contributed by atoms with E-state index in [1.54, 1.807) is 0 Å². The van der Waals surface area contributed by atoms with Crippen molar-refractivity contribution in [3.05, 3.63) is 41.5 Å². The van der Waals surface area contributed by atoms with Gasteiger partial charge in [-0.05, 0) is 25.0 Å². The molecule has 86 valence electrons. The minimum Gasteiger partial charge on any atom is -0.326 e. The maximum Gasteiger partial charge on any atom is 0.250 e. The second kappa shape index (κ2) is 6.08. The number of hydrogen-bond acceptors (Lipinski definition) is 2. The molecule has 0 bridgehead atoms. The molecule has 0 aliphatic heterocycles. The van der Waals surface area contributed by atoms with Crippen LogP contribution < -0.4 is 11.1 Å². The number of benzene rings is 1. The molecule has 3 N–H and O–H groups in total. The lowest BCUT2D eigenvalue weighted by atomic mass is 10.1. The van der Waals surface area contributed by atoms with Gasteiger partial charge in [-0.2, -0.15) is 0 Å². The van der Waals surface area contributed by atoms with Gasteiger partial charge in [-0.3, -0.25) is 4.79 Å². The van der Waals surface area contributed by atoms with Crippen molar-refractivity contribution in [2.24, 2.45) is 5.73 Å². The lowest BCUT2D eigenvalue weighted by Crippen LogP contribution is -2.14. The van der Waals surface area contributed by atoms with Crippen LogP contribution in [-0.4, -0.2) is 5.91 Å². The molecule has 0 radical (unpaired) electrons. The Labute approximate surface area is 96.3 Å². The van der Waals surface area contributed by atoms with E-state index in [1.807, 2.05) is 44.2 Å². The summed E-state index contributed by atoms with van der Waals surface area (Å²) in [5.41, 5.74) is 8.06. The number of nitrogens with two attached hydrogens (primary N) is 1. The standard InChI is InChI=1S/C13H18N2O/c1-3-6-10(2)13(16)15-12-8-5-4-7-11(12)9-14/h4-8H,3,9,14H2,1-2H3,(H,15,16). The Hall–Kier alpha value is -1.61. The smallest absolute Gasteiger partial charge is 0.250 e. The Balaban J connectivity index is 2.80. The van der Waals surface area contributed by atoms with E-state index in [9.17, 15) is 4.79 Å². The van der Waals surface area contributed by atoms with Crippen LogP contribution in [0.4, 0.5) is 5.69 Å². The van der Waals surface area contributed by atoms with Gasteiger partial charge in [0.1, 0.15) is 0 Å². The molecule has 3 nitrogen and oxygen atoms in total. The van der Waals surface area contributed by atoms with Crippen LogP contribution in [0.15, 0.2) is 35.9 Å². The van der Waals surface area contributed by atoms with E-state index in [4.69, 9.17) is 5.73 Å². The summed E-state index contributed by atoms with van der Waals surface area (Å²) in [6, 6.07) is 7.56. The molecule has 0 aliphatic rings. The molecule has 0 heterocycles. The molecule has 0 atom stereocenters. The molecule has 0 saturated heterocycles. The highest BCUT2D eigenvalue weighted by Crippen LogP contribution is 2.15. The van der Waals surface area contributed by atoms with Gasteiger partial charge in [-0.15, -0.1) is 0 Å². The van der Waals surface area contributed by atoms with Gasteiger partial charge in [0.05, 0.1) is 0 Å². The van der Waals surface area contributed by atoms with Gasteiger partial charge < -0.3 is 11.1 Å². The quantitative estimate of drug-likeness (QED) is 0.763. The van der Waals surface area contributed by atoms with Crippen LogP contribution in [0.2, 0.25) is 0 Å². The number of amides is 1. The first-order chi connectivity index (χ1) is 7.69. The van der Waals surface area contributed by atoms with E-state index in [2.05, 4.69) is 5.32 Å². The molecule has 0 saturated carbocycles. The topological polar surface area (TPSA) is 55.1 Å². The fourth-order valence-electron chi connectivity index (χ4n) is 1.44. The second-order valence-corrected chi connectivity index (χ2v) is 3.61. The number of allylic oxidation sites excluding steroid dienone is 1. The first-order valence-corrected chi connectivity index (χ1v) is 5.45. The lowest BCUT2D eigenvalue weighted by molar-refractivity contribution is -0.112. The predicted molar refractivity (Wildman–Crippen MR) is 67.0 cm³/mol. The maximum absolute atomic E-state index is 11.8. The molecular formula is C13H18N2O. The molecule has 0 aliphatic carbocycles. The normalized spacial score (nSPS) is 11.3. The average Bonchev–Trinajstić information content (AvgIpc) is 2.30. The SMILES string of the molecule is CCC=C(C)C(=O)Nc1ccccc1CN. The monoisotopic (exact) mass is 218 g/mol. The van der Waals surface area contributed by atoms with Gasteiger partial charge in [-0.25, -0.2) is 0 Å². The molecule has 1 amide bonds. The van der Waals surface area contributed by atoms with Gasteiger partial charge in [0.15, 0.2) is 0 Å². The van der Waals surface area contributed by atoms with Gasteiger partial charge >= 0.3 is 0 Å². The molecular weight excluding hydrogens is 200 g/mol. The number of hydrogen-bond donors (Lipinski definition) is 2. The van der Waals surface area contributed by atoms with Crippen molar-refractivity contribution in [2.45, 2.75) is 26.8 Å². The summed E-state index contributed by atoms with van der Waals surface area (Å²) in [6.45, 7) is 4.24. The summed E-state index contributed by atoms with van der Waals surface area (Å²) in [6.07, 6.45) is 2.76. The van der Waals surface area contributed by atoms with E-state index >= 15 is 0 Å². The molecule has 16 heavy (non-hydrogen) atoms. The third kappa shape index (κ3) is 3.21. The Morgan fingerprint density at radius 1 is 1.44 bits per heavy atom. The highest BCUT2D eigenvalue weighted by Gasteiger charge is 2.06. The van der Waals surface area contributed by atoms with Gasteiger partial charge in [-0.1, -0.05) is 31.2 Å². The van der Waals surface area contributed by atoms with Crippen LogP contribution in [-0.2, 0) is 11.3 Å². The van der Waals surface area contributed by atoms with Gasteiger partial charge in [0, 0.05) is 17.8 Å². The molecule has 0 unspecified atom stereocenters. The predicted octanol–water partition coefficient (Wildman–Crippen LogP) is 2.44. The number of para-hydroxylation sites is 1. The number of carbonyl (C=O) groups is 1. The van der Waals surface area contributed by atoms with Crippen molar-refractivity contribution >= 4 is 11.6 Å². The van der Waals surface area contributed by atoms with Crippen LogP contribution in [0.1, 0.15) is 25.8 Å². The minimum atomic E-state index is -0.0669. The molecule has 0 aromatic heterocycles. The Morgan fingerprint density at radius 3 is 2.75 bits per heavy atom. The molecule has 1 aromatic rings. The van der Waals surface area contributed by atoms with E-state index in [-0.39, 0.29) is 5.91 Å². The first-order valence-electron chi connectivity index (χ1n) is 5.45. The Bertz CT molecular complexity index is 397. The number of rotatable bonds is 4. The minimum absolute atomic E-state index is 0.0669. The second-order valence-electron chi connectivity index (χ2n) is 3.61. The Morgan fingerprint density at radius 2 is 2.12 bits per heavy atom. The summed E-state index contributed by atoms with van der Waals surface area (Å²) in [7, 11) is 0. The Kier molecular flexibility index (Phi) is 4.73. The highest BCUT2D eigenvalue weighted by atomic mass is 16.1. The summed E-state index contributed by atoms with van der Waals surface area (Å²) in [4.78, 5) is 11.8. The van der Waals surface area contributed by atoms with E-state index in [0.717, 1.165) is 23.2 Å². The third-order valence-electron chi connectivity index (χ3n) is 2.35. The fourth-order valence-corrected chi connectivity index (χ4v) is 1.44. The maximum atomic E-state index is 11.8. The fraction of sp³-hybridized carbons (Fsp3) is 0.308. The summed E-state index contributed by atoms with van der Waals surface area (Å²) in [5.74, 6) is -0.0669. The average molecular weight is 218 g/mol. The van der Waals surface area contributed by atoms with Crippen LogP contribution >= 0.6 is 0 Å². The highest BCUT2D eigenvalue weighted by molar-refractivity contribution is 6.03. The molecule has 3 heteroatoms. The zero-order valence-electron chi connectivity index (χ0n) is 9.79. The van der Waals surface area contributed by atoms with Crippen LogP contribution in [0.5, 0.6) is 0 Å². The zero-order valence-corrected chi connectivity index (χ0v) is 9.79.